The molecule has 3 heterocycles. The Morgan fingerprint density at radius 3 is 2.81 bits per heavy atom. The third-order valence-electron chi connectivity index (χ3n) is 4.88. The summed E-state index contributed by atoms with van der Waals surface area (Å²) >= 11 is 1.77. The van der Waals surface area contributed by atoms with Crippen LogP contribution in [-0.2, 0) is 19.1 Å². The number of amides is 2. The predicted octanol–water partition coefficient (Wildman–Crippen LogP) is 1.22. The lowest BCUT2D eigenvalue weighted by atomic mass is 10.0. The minimum Gasteiger partial charge on any atom is -0.380 e. The highest BCUT2D eigenvalue weighted by atomic mass is 32.2. The molecule has 142 valence electrons. The summed E-state index contributed by atoms with van der Waals surface area (Å²) in [7, 11) is 0. The fourth-order valence-corrected chi connectivity index (χ4v) is 4.83. The van der Waals surface area contributed by atoms with Crippen LogP contribution in [0.15, 0.2) is 29.4 Å². The average molecular weight is 391 g/mol. The maximum atomic E-state index is 13.2. The number of halogens is 1. The second-order valence-electron chi connectivity index (χ2n) is 6.57. The van der Waals surface area contributed by atoms with Crippen molar-refractivity contribution in [2.24, 2.45) is 5.10 Å². The van der Waals surface area contributed by atoms with Gasteiger partial charge in [-0.05, 0) is 30.7 Å². The lowest BCUT2D eigenvalue weighted by molar-refractivity contribution is -0.129. The smallest absolute Gasteiger partial charge is 0.278 e. The number of hydrogen-bond donors (Lipinski definition) is 0. The van der Waals surface area contributed by atoms with Gasteiger partial charge < -0.3 is 9.64 Å². The standard InChI is InChI=1S/C18H18FN3O4S/c19-11-1-3-12(4-2-11)22-16(24)9-14(23)17(20-22)18(25)21-6-8-27-15-10-26-7-5-13(15)21/h1-4,13,15H,5-10H2/t13-,15+/m0/s1. The Bertz CT molecular complexity index is 811. The van der Waals surface area contributed by atoms with Gasteiger partial charge in [-0.25, -0.2) is 4.39 Å². The number of rotatable bonds is 2. The molecule has 0 bridgehead atoms. The van der Waals surface area contributed by atoms with E-state index in [1.807, 2.05) is 0 Å². The lowest BCUT2D eigenvalue weighted by Crippen LogP contribution is -2.57. The van der Waals surface area contributed by atoms with E-state index < -0.39 is 29.8 Å². The van der Waals surface area contributed by atoms with Crippen molar-refractivity contribution < 1.29 is 23.5 Å². The number of anilines is 1. The molecule has 0 saturated carbocycles. The van der Waals surface area contributed by atoms with Crippen LogP contribution in [0.25, 0.3) is 0 Å². The molecule has 2 fully saturated rings. The zero-order valence-electron chi connectivity index (χ0n) is 14.5. The molecule has 4 rings (SSSR count). The van der Waals surface area contributed by atoms with Gasteiger partial charge in [0.05, 0.1) is 18.7 Å². The van der Waals surface area contributed by atoms with Gasteiger partial charge in [-0.1, -0.05) is 0 Å². The summed E-state index contributed by atoms with van der Waals surface area (Å²) < 4.78 is 18.6. The van der Waals surface area contributed by atoms with Crippen molar-refractivity contribution in [3.05, 3.63) is 30.1 Å². The summed E-state index contributed by atoms with van der Waals surface area (Å²) in [6.07, 6.45) is 0.285. The van der Waals surface area contributed by atoms with Gasteiger partial charge in [0.1, 0.15) is 5.82 Å². The number of Topliss-reactive ketones (excluding diaryl/α,β-unsaturated/α-hetero) is 1. The summed E-state index contributed by atoms with van der Waals surface area (Å²) in [6, 6.07) is 5.17. The van der Waals surface area contributed by atoms with Gasteiger partial charge in [-0.3, -0.25) is 14.4 Å². The third kappa shape index (κ3) is 3.49. The molecule has 0 spiro atoms. The second kappa shape index (κ2) is 7.40. The number of ether oxygens (including phenoxy) is 1. The number of fused-ring (bicyclic) bond motifs is 1. The first-order valence-corrected chi connectivity index (χ1v) is 9.80. The maximum Gasteiger partial charge on any atom is 0.278 e. The van der Waals surface area contributed by atoms with E-state index >= 15 is 0 Å². The minimum absolute atomic E-state index is 0.00241. The molecule has 7 nitrogen and oxygen atoms in total. The van der Waals surface area contributed by atoms with Crippen molar-refractivity contribution >= 4 is 40.8 Å². The van der Waals surface area contributed by atoms with E-state index in [9.17, 15) is 18.8 Å². The molecule has 0 radical (unpaired) electrons. The molecule has 27 heavy (non-hydrogen) atoms. The third-order valence-corrected chi connectivity index (χ3v) is 6.18. The number of carbonyl (C=O) groups excluding carboxylic acids is 3. The zero-order chi connectivity index (χ0) is 19.0. The molecule has 0 aliphatic carbocycles. The number of carbonyl (C=O) groups is 3. The van der Waals surface area contributed by atoms with Gasteiger partial charge in [0.15, 0.2) is 11.5 Å². The Morgan fingerprint density at radius 1 is 1.26 bits per heavy atom. The van der Waals surface area contributed by atoms with E-state index in [4.69, 9.17) is 4.74 Å². The quantitative estimate of drug-likeness (QED) is 0.709. The molecule has 1 aromatic carbocycles. The number of ketones is 1. The van der Waals surface area contributed by atoms with Gasteiger partial charge in [0, 0.05) is 30.2 Å². The van der Waals surface area contributed by atoms with Crippen LogP contribution in [0.3, 0.4) is 0 Å². The topological polar surface area (TPSA) is 79.3 Å². The van der Waals surface area contributed by atoms with Gasteiger partial charge in [-0.15, -0.1) is 0 Å². The molecule has 0 aromatic heterocycles. The molecule has 0 N–H and O–H groups in total. The number of nitrogens with zero attached hydrogens (tertiary/aromatic N) is 3. The average Bonchev–Trinajstić information content (AvgIpc) is 2.68. The maximum absolute atomic E-state index is 13.2. The van der Waals surface area contributed by atoms with E-state index in [0.29, 0.717) is 31.9 Å². The van der Waals surface area contributed by atoms with Crippen LogP contribution >= 0.6 is 11.8 Å². The van der Waals surface area contributed by atoms with Crippen molar-refractivity contribution in [1.29, 1.82) is 0 Å². The lowest BCUT2D eigenvalue weighted by Gasteiger charge is -2.43. The Labute approximate surface area is 159 Å². The molecule has 2 amide bonds. The Hall–Kier alpha value is -2.26. The van der Waals surface area contributed by atoms with Crippen molar-refractivity contribution in [3.8, 4) is 0 Å². The van der Waals surface area contributed by atoms with Crippen LogP contribution in [0.1, 0.15) is 12.8 Å². The van der Waals surface area contributed by atoms with E-state index in [1.165, 1.54) is 24.3 Å². The monoisotopic (exact) mass is 391 g/mol. The summed E-state index contributed by atoms with van der Waals surface area (Å²) in [5, 5.41) is 5.25. The summed E-state index contributed by atoms with van der Waals surface area (Å²) in [6.45, 7) is 1.69. The molecule has 9 heteroatoms. The molecule has 2 saturated heterocycles. The molecule has 2 atom stereocenters. The van der Waals surface area contributed by atoms with Crippen molar-refractivity contribution in [2.75, 3.05) is 30.5 Å². The molecule has 3 aliphatic heterocycles. The van der Waals surface area contributed by atoms with Gasteiger partial charge in [0.2, 0.25) is 0 Å². The van der Waals surface area contributed by atoms with Crippen LogP contribution in [0.4, 0.5) is 10.1 Å². The number of hydrazone groups is 1. The molecule has 3 aliphatic rings. The number of thioether (sulfide) groups is 1. The fourth-order valence-electron chi connectivity index (χ4n) is 3.53. The fraction of sp³-hybridized carbons (Fsp3) is 0.444. The molecular weight excluding hydrogens is 373 g/mol. The highest BCUT2D eigenvalue weighted by molar-refractivity contribution is 8.00. The Morgan fingerprint density at radius 2 is 2.04 bits per heavy atom. The van der Waals surface area contributed by atoms with E-state index in [0.717, 1.165) is 10.8 Å². The zero-order valence-corrected chi connectivity index (χ0v) is 15.3. The SMILES string of the molecule is O=C1CC(=O)N(c2ccc(F)cc2)N=C1C(=O)N1CCS[C@@H]2COCC[C@@H]21. The van der Waals surface area contributed by atoms with Crippen LogP contribution in [0, 0.1) is 5.82 Å². The summed E-state index contributed by atoms with van der Waals surface area (Å²) in [5.41, 5.74) is 0.0772. The number of benzene rings is 1. The van der Waals surface area contributed by atoms with Crippen molar-refractivity contribution in [3.63, 3.8) is 0 Å². The van der Waals surface area contributed by atoms with Crippen molar-refractivity contribution in [1.82, 2.24) is 4.90 Å². The van der Waals surface area contributed by atoms with Crippen molar-refractivity contribution in [2.45, 2.75) is 24.1 Å². The van der Waals surface area contributed by atoms with Gasteiger partial charge in [0.25, 0.3) is 11.8 Å². The number of hydrogen-bond acceptors (Lipinski definition) is 6. The van der Waals surface area contributed by atoms with E-state index in [-0.39, 0.29) is 17.0 Å². The van der Waals surface area contributed by atoms with Crippen LogP contribution in [0.2, 0.25) is 0 Å². The predicted molar refractivity (Wildman–Crippen MR) is 98.1 cm³/mol. The Balaban J connectivity index is 1.63. The minimum atomic E-state index is -0.579. The highest BCUT2D eigenvalue weighted by Gasteiger charge is 2.41. The first kappa shape index (κ1) is 18.1. The molecule has 0 unspecified atom stereocenters. The van der Waals surface area contributed by atoms with Crippen LogP contribution < -0.4 is 5.01 Å². The van der Waals surface area contributed by atoms with E-state index in [2.05, 4.69) is 5.10 Å². The molecule has 1 aromatic rings. The van der Waals surface area contributed by atoms with Crippen LogP contribution in [-0.4, -0.2) is 65.0 Å². The van der Waals surface area contributed by atoms with Gasteiger partial charge in [-0.2, -0.15) is 21.9 Å². The van der Waals surface area contributed by atoms with E-state index in [1.54, 1.807) is 16.7 Å². The largest absolute Gasteiger partial charge is 0.380 e. The first-order valence-electron chi connectivity index (χ1n) is 8.75. The summed E-state index contributed by atoms with van der Waals surface area (Å²) in [5.74, 6) is -1.25. The van der Waals surface area contributed by atoms with Gasteiger partial charge >= 0.3 is 0 Å². The first-order chi connectivity index (χ1) is 13.0. The molecular formula is C18H18FN3O4S. The normalized spacial score (nSPS) is 25.9. The Kier molecular flexibility index (Phi) is 4.96. The summed E-state index contributed by atoms with van der Waals surface area (Å²) in [4.78, 5) is 39.4. The van der Waals surface area contributed by atoms with Crippen LogP contribution in [0.5, 0.6) is 0 Å². The second-order valence-corrected chi connectivity index (χ2v) is 7.92. The highest BCUT2D eigenvalue weighted by Crippen LogP contribution is 2.31.